The van der Waals surface area contributed by atoms with Gasteiger partial charge in [-0.25, -0.2) is 9.50 Å². The molecule has 0 aliphatic carbocycles. The Morgan fingerprint density at radius 2 is 2.00 bits per heavy atom. The second-order valence-electron chi connectivity index (χ2n) is 7.57. The fourth-order valence-electron chi connectivity index (χ4n) is 3.53. The molecule has 0 bridgehead atoms. The Morgan fingerprint density at radius 3 is 2.74 bits per heavy atom. The minimum absolute atomic E-state index is 0.0660. The predicted octanol–water partition coefficient (Wildman–Crippen LogP) is 4.32. The summed E-state index contributed by atoms with van der Waals surface area (Å²) >= 11 is 4.80. The highest BCUT2D eigenvalue weighted by Crippen LogP contribution is 2.20. The van der Waals surface area contributed by atoms with Gasteiger partial charge >= 0.3 is 0 Å². The lowest BCUT2D eigenvalue weighted by Gasteiger charge is -2.11. The molecule has 0 atom stereocenters. The van der Waals surface area contributed by atoms with Crippen LogP contribution in [0.4, 0.5) is 5.69 Å². The maximum absolute atomic E-state index is 12.5. The largest absolute Gasteiger partial charge is 0.444 e. The number of hydrogen-bond donors (Lipinski definition) is 2. The van der Waals surface area contributed by atoms with Gasteiger partial charge in [-0.3, -0.25) is 9.59 Å². The molecule has 0 spiro atoms. The van der Waals surface area contributed by atoms with Crippen molar-refractivity contribution in [3.05, 3.63) is 69.6 Å². The number of hydrogen-bond acceptors (Lipinski definition) is 7. The van der Waals surface area contributed by atoms with Crippen LogP contribution in [0, 0.1) is 13.8 Å². The molecule has 0 aliphatic heterocycles. The normalized spacial score (nSPS) is 11.1. The Morgan fingerprint density at radius 1 is 1.18 bits per heavy atom. The van der Waals surface area contributed by atoms with E-state index < -0.39 is 0 Å². The van der Waals surface area contributed by atoms with Gasteiger partial charge in [0, 0.05) is 28.4 Å². The molecule has 11 heteroatoms. The fourth-order valence-corrected chi connectivity index (χ4v) is 4.30. The zero-order valence-corrected chi connectivity index (χ0v) is 21.3. The number of rotatable bonds is 8. The molecule has 3 heterocycles. The maximum Gasteiger partial charge on any atom is 0.287 e. The zero-order valence-electron chi connectivity index (χ0n) is 18.9. The molecule has 1 aromatic carbocycles. The number of carbonyl (C=O) groups is 2. The Hall–Kier alpha value is -3.18. The first-order valence-corrected chi connectivity index (χ1v) is 12.5. The van der Waals surface area contributed by atoms with Crippen molar-refractivity contribution in [3.63, 3.8) is 0 Å². The SMILES string of the molecule is CSc1cccc(NC(=O)CCc2c(C)nc3nc(CNC(=O)c4ccc(Br)o4)nn3c2C)c1. The van der Waals surface area contributed by atoms with Crippen LogP contribution in [0.2, 0.25) is 0 Å². The van der Waals surface area contributed by atoms with Crippen molar-refractivity contribution in [2.75, 3.05) is 11.6 Å². The van der Waals surface area contributed by atoms with Gasteiger partial charge in [0.1, 0.15) is 0 Å². The summed E-state index contributed by atoms with van der Waals surface area (Å²) in [4.78, 5) is 34.8. The van der Waals surface area contributed by atoms with Crippen molar-refractivity contribution in [2.24, 2.45) is 0 Å². The first kappa shape index (κ1) is 24.0. The smallest absolute Gasteiger partial charge is 0.287 e. The monoisotopic (exact) mass is 542 g/mol. The molecule has 0 unspecified atom stereocenters. The minimum Gasteiger partial charge on any atom is -0.444 e. The average molecular weight is 543 g/mol. The highest BCUT2D eigenvalue weighted by Gasteiger charge is 2.16. The van der Waals surface area contributed by atoms with Crippen LogP contribution < -0.4 is 10.6 Å². The van der Waals surface area contributed by atoms with Gasteiger partial charge in [0.15, 0.2) is 16.3 Å². The van der Waals surface area contributed by atoms with Gasteiger partial charge in [-0.05, 0) is 78.3 Å². The summed E-state index contributed by atoms with van der Waals surface area (Å²) in [6.45, 7) is 3.95. The molecule has 176 valence electrons. The minimum atomic E-state index is -0.361. The number of nitrogens with zero attached hydrogens (tertiary/aromatic N) is 4. The zero-order chi connectivity index (χ0) is 24.2. The van der Waals surface area contributed by atoms with Crippen LogP contribution in [0.15, 0.2) is 50.4 Å². The quantitative estimate of drug-likeness (QED) is 0.318. The van der Waals surface area contributed by atoms with Crippen LogP contribution in [0.5, 0.6) is 0 Å². The van der Waals surface area contributed by atoms with Crippen molar-refractivity contribution in [3.8, 4) is 0 Å². The van der Waals surface area contributed by atoms with Crippen LogP contribution in [-0.2, 0) is 17.8 Å². The first-order chi connectivity index (χ1) is 16.3. The molecule has 2 amide bonds. The van der Waals surface area contributed by atoms with E-state index in [9.17, 15) is 9.59 Å². The van der Waals surface area contributed by atoms with Gasteiger partial charge in [-0.1, -0.05) is 6.07 Å². The first-order valence-electron chi connectivity index (χ1n) is 10.5. The summed E-state index contributed by atoms with van der Waals surface area (Å²) in [6.07, 6.45) is 2.83. The number of thioether (sulfide) groups is 1. The molecule has 0 saturated carbocycles. The third-order valence-electron chi connectivity index (χ3n) is 5.25. The molecular weight excluding hydrogens is 520 g/mol. The number of aryl methyl sites for hydroxylation is 2. The van der Waals surface area contributed by atoms with E-state index in [1.165, 1.54) is 0 Å². The van der Waals surface area contributed by atoms with E-state index >= 15 is 0 Å². The molecule has 3 aromatic heterocycles. The van der Waals surface area contributed by atoms with Gasteiger partial charge in [0.2, 0.25) is 5.91 Å². The number of nitrogens with one attached hydrogen (secondary N) is 2. The molecular formula is C23H23BrN6O3S. The number of anilines is 1. The standard InChI is InChI=1S/C23H23BrN6O3S/c1-13-17(7-10-21(31)27-15-5-4-6-16(11-15)34-3)14(2)30-23(26-13)28-20(29-30)12-25-22(32)18-8-9-19(24)33-18/h4-6,8-9,11H,7,10,12H2,1-3H3,(H,25,32)(H,27,31). The van der Waals surface area contributed by atoms with Gasteiger partial charge in [0.05, 0.1) is 6.54 Å². The molecule has 2 N–H and O–H groups in total. The summed E-state index contributed by atoms with van der Waals surface area (Å²) in [6, 6.07) is 11.0. The lowest BCUT2D eigenvalue weighted by atomic mass is 10.1. The van der Waals surface area contributed by atoms with Crippen molar-refractivity contribution in [1.82, 2.24) is 24.9 Å². The molecule has 34 heavy (non-hydrogen) atoms. The van der Waals surface area contributed by atoms with Crippen molar-refractivity contribution < 1.29 is 14.0 Å². The van der Waals surface area contributed by atoms with Crippen LogP contribution in [0.1, 0.15) is 39.8 Å². The van der Waals surface area contributed by atoms with Crippen LogP contribution in [0.3, 0.4) is 0 Å². The van der Waals surface area contributed by atoms with Gasteiger partial charge in [-0.15, -0.1) is 16.9 Å². The lowest BCUT2D eigenvalue weighted by molar-refractivity contribution is -0.116. The van der Waals surface area contributed by atoms with Crippen molar-refractivity contribution >= 4 is 51.0 Å². The Balaban J connectivity index is 1.42. The average Bonchev–Trinajstić information content (AvgIpc) is 3.43. The van der Waals surface area contributed by atoms with E-state index in [2.05, 4.69) is 41.6 Å². The highest BCUT2D eigenvalue weighted by molar-refractivity contribution is 9.10. The second kappa shape index (κ2) is 10.4. The van der Waals surface area contributed by atoms with Gasteiger partial charge < -0.3 is 15.1 Å². The van der Waals surface area contributed by atoms with Crippen LogP contribution in [0.25, 0.3) is 5.78 Å². The van der Waals surface area contributed by atoms with Crippen LogP contribution in [-0.4, -0.2) is 37.7 Å². The van der Waals surface area contributed by atoms with E-state index in [0.29, 0.717) is 29.1 Å². The van der Waals surface area contributed by atoms with Gasteiger partial charge in [-0.2, -0.15) is 4.98 Å². The lowest BCUT2D eigenvalue weighted by Crippen LogP contribution is -2.23. The third kappa shape index (κ3) is 5.48. The predicted molar refractivity (Wildman–Crippen MR) is 133 cm³/mol. The molecule has 4 rings (SSSR count). The summed E-state index contributed by atoms with van der Waals surface area (Å²) in [7, 11) is 0. The summed E-state index contributed by atoms with van der Waals surface area (Å²) in [5.41, 5.74) is 3.38. The highest BCUT2D eigenvalue weighted by atomic mass is 79.9. The number of furan rings is 1. The summed E-state index contributed by atoms with van der Waals surface area (Å²) in [5.74, 6) is 0.644. The summed E-state index contributed by atoms with van der Waals surface area (Å²) < 4.78 is 7.38. The van der Waals surface area contributed by atoms with E-state index in [0.717, 1.165) is 27.5 Å². The van der Waals surface area contributed by atoms with Gasteiger partial charge in [0.25, 0.3) is 11.7 Å². The Kier molecular flexibility index (Phi) is 7.32. The second-order valence-corrected chi connectivity index (χ2v) is 9.23. The Labute approximate surface area is 208 Å². The number of fused-ring (bicyclic) bond motifs is 1. The number of carbonyl (C=O) groups excluding carboxylic acids is 2. The van der Waals surface area contributed by atoms with E-state index in [1.54, 1.807) is 28.4 Å². The van der Waals surface area contributed by atoms with Crippen molar-refractivity contribution in [1.29, 1.82) is 0 Å². The number of benzene rings is 1. The number of halogens is 1. The van der Waals surface area contributed by atoms with E-state index in [4.69, 9.17) is 4.42 Å². The molecule has 0 saturated heterocycles. The molecule has 0 fully saturated rings. The topological polar surface area (TPSA) is 114 Å². The Bertz CT molecular complexity index is 1370. The fraction of sp³-hybridized carbons (Fsp3) is 0.261. The number of amides is 2. The number of aromatic nitrogens is 4. The molecule has 0 aliphatic rings. The molecule has 0 radical (unpaired) electrons. The maximum atomic E-state index is 12.5. The van der Waals surface area contributed by atoms with Crippen LogP contribution >= 0.6 is 27.7 Å². The third-order valence-corrected chi connectivity index (χ3v) is 6.40. The van der Waals surface area contributed by atoms with E-state index in [1.807, 2.05) is 44.4 Å². The van der Waals surface area contributed by atoms with E-state index in [-0.39, 0.29) is 24.1 Å². The molecule has 4 aromatic rings. The van der Waals surface area contributed by atoms with Crippen molar-refractivity contribution in [2.45, 2.75) is 38.1 Å². The summed E-state index contributed by atoms with van der Waals surface area (Å²) in [5, 5.41) is 10.2. The molecule has 9 nitrogen and oxygen atoms in total.